The third-order valence-electron chi connectivity index (χ3n) is 2.33. The number of hydrogen-bond donors (Lipinski definition) is 1. The minimum atomic E-state index is -0.796. The van der Waals surface area contributed by atoms with Crippen molar-refractivity contribution < 1.29 is 9.84 Å². The predicted molar refractivity (Wildman–Crippen MR) is 67.0 cm³/mol. The summed E-state index contributed by atoms with van der Waals surface area (Å²) in [5.41, 5.74) is 0.581. The number of benzene rings is 1. The second-order valence-electron chi connectivity index (χ2n) is 3.79. The van der Waals surface area contributed by atoms with Gasteiger partial charge in [-0.25, -0.2) is 0 Å². The third kappa shape index (κ3) is 4.18. The molecule has 0 fully saturated rings. The molecule has 0 radical (unpaired) electrons. The number of halogens is 2. The van der Waals surface area contributed by atoms with Gasteiger partial charge in [0.2, 0.25) is 0 Å². The lowest BCUT2D eigenvalue weighted by atomic mass is 10.1. The van der Waals surface area contributed by atoms with Gasteiger partial charge in [-0.15, -0.1) is 0 Å². The summed E-state index contributed by atoms with van der Waals surface area (Å²) >= 11 is 11.7. The first kappa shape index (κ1) is 14.3. The molecule has 0 aliphatic carbocycles. The van der Waals surface area contributed by atoms with Crippen LogP contribution in [-0.2, 0) is 4.74 Å². The zero-order valence-electron chi connectivity index (χ0n) is 9.52. The first-order valence-corrected chi connectivity index (χ1v) is 5.88. The summed E-state index contributed by atoms with van der Waals surface area (Å²) in [6.07, 6.45) is -1.89. The van der Waals surface area contributed by atoms with Crippen molar-refractivity contribution in [1.29, 1.82) is 5.26 Å². The van der Waals surface area contributed by atoms with Crippen LogP contribution in [0, 0.1) is 11.3 Å². The molecule has 0 aliphatic heterocycles. The fraction of sp³-hybridized carbons (Fsp3) is 0.417. The van der Waals surface area contributed by atoms with E-state index in [4.69, 9.17) is 33.2 Å². The van der Waals surface area contributed by atoms with Gasteiger partial charge in [-0.2, -0.15) is 5.26 Å². The summed E-state index contributed by atoms with van der Waals surface area (Å²) in [6.45, 7) is 3.30. The quantitative estimate of drug-likeness (QED) is 0.916. The highest BCUT2D eigenvalue weighted by Crippen LogP contribution is 2.26. The van der Waals surface area contributed by atoms with Gasteiger partial charge in [0, 0.05) is 10.0 Å². The van der Waals surface area contributed by atoms with Crippen molar-refractivity contribution in [1.82, 2.24) is 0 Å². The number of rotatable bonds is 4. The predicted octanol–water partition coefficient (Wildman–Crippen LogP) is 3.34. The molecule has 3 nitrogen and oxygen atoms in total. The van der Waals surface area contributed by atoms with Gasteiger partial charge in [-0.3, -0.25) is 0 Å². The van der Waals surface area contributed by atoms with Gasteiger partial charge in [0.25, 0.3) is 0 Å². The van der Waals surface area contributed by atoms with Crippen LogP contribution in [-0.4, -0.2) is 17.3 Å². The lowest BCUT2D eigenvalue weighted by molar-refractivity contribution is -0.0426. The minimum Gasteiger partial charge on any atom is -0.391 e. The molecular formula is C12H13Cl2NO2. The van der Waals surface area contributed by atoms with Crippen molar-refractivity contribution in [3.05, 3.63) is 33.8 Å². The molecule has 0 spiro atoms. The Balaban J connectivity index is 2.91. The van der Waals surface area contributed by atoms with E-state index < -0.39 is 18.3 Å². The Hall–Kier alpha value is -0.790. The number of nitrogens with zero attached hydrogens (tertiary/aromatic N) is 1. The highest BCUT2D eigenvalue weighted by atomic mass is 35.5. The van der Waals surface area contributed by atoms with Crippen LogP contribution in [0.4, 0.5) is 0 Å². The van der Waals surface area contributed by atoms with E-state index in [1.165, 1.54) is 0 Å². The third-order valence-corrected chi connectivity index (χ3v) is 2.77. The summed E-state index contributed by atoms with van der Waals surface area (Å²) in [6, 6.07) is 6.83. The second-order valence-corrected chi connectivity index (χ2v) is 4.67. The van der Waals surface area contributed by atoms with Gasteiger partial charge in [0.15, 0.2) is 6.10 Å². The van der Waals surface area contributed by atoms with Crippen LogP contribution in [0.5, 0.6) is 0 Å². The van der Waals surface area contributed by atoms with Gasteiger partial charge < -0.3 is 9.84 Å². The van der Waals surface area contributed by atoms with E-state index in [0.717, 1.165) is 0 Å². The lowest BCUT2D eigenvalue weighted by Crippen LogP contribution is -2.24. The van der Waals surface area contributed by atoms with Crippen LogP contribution in [0.2, 0.25) is 10.0 Å². The van der Waals surface area contributed by atoms with E-state index >= 15 is 0 Å². The van der Waals surface area contributed by atoms with E-state index in [-0.39, 0.29) is 0 Å². The molecule has 0 heterocycles. The fourth-order valence-electron chi connectivity index (χ4n) is 1.24. The molecule has 0 aliphatic rings. The van der Waals surface area contributed by atoms with Crippen molar-refractivity contribution in [2.75, 3.05) is 0 Å². The Labute approximate surface area is 111 Å². The van der Waals surface area contributed by atoms with E-state index in [9.17, 15) is 5.11 Å². The monoisotopic (exact) mass is 273 g/mol. The average molecular weight is 274 g/mol. The number of ether oxygens (including phenoxy) is 1. The smallest absolute Gasteiger partial charge is 0.169 e. The molecule has 0 aromatic heterocycles. The summed E-state index contributed by atoms with van der Waals surface area (Å²) in [5, 5.41) is 19.3. The van der Waals surface area contributed by atoms with E-state index in [0.29, 0.717) is 15.6 Å². The molecular weight excluding hydrogens is 261 g/mol. The van der Waals surface area contributed by atoms with Crippen molar-refractivity contribution in [3.63, 3.8) is 0 Å². The molecule has 1 aromatic carbocycles. The van der Waals surface area contributed by atoms with E-state index in [1.807, 2.05) is 6.07 Å². The first-order chi connectivity index (χ1) is 7.93. The molecule has 1 aromatic rings. The van der Waals surface area contributed by atoms with Crippen molar-refractivity contribution in [3.8, 4) is 6.07 Å². The van der Waals surface area contributed by atoms with Crippen LogP contribution < -0.4 is 0 Å². The van der Waals surface area contributed by atoms with Gasteiger partial charge in [-0.05, 0) is 37.6 Å². The molecule has 0 saturated carbocycles. The Morgan fingerprint density at radius 3 is 2.18 bits per heavy atom. The summed E-state index contributed by atoms with van der Waals surface area (Å²) in [7, 11) is 0. The van der Waals surface area contributed by atoms with Crippen molar-refractivity contribution in [2.45, 2.75) is 32.2 Å². The normalized spacial score (nSPS) is 16.0. The summed E-state index contributed by atoms with van der Waals surface area (Å²) in [4.78, 5) is 0. The summed E-state index contributed by atoms with van der Waals surface area (Å²) in [5.74, 6) is 0. The molecule has 3 unspecified atom stereocenters. The minimum absolute atomic E-state index is 0.445. The largest absolute Gasteiger partial charge is 0.391 e. The number of aliphatic hydroxyl groups excluding tert-OH is 1. The molecule has 17 heavy (non-hydrogen) atoms. The highest BCUT2D eigenvalue weighted by molar-refractivity contribution is 6.34. The SMILES string of the molecule is CC(O)C(C)OC(C#N)c1cc(Cl)cc(Cl)c1. The molecule has 1 rings (SSSR count). The van der Waals surface area contributed by atoms with Crippen molar-refractivity contribution >= 4 is 23.2 Å². The Bertz CT molecular complexity index is 409. The zero-order chi connectivity index (χ0) is 13.0. The standard InChI is InChI=1S/C12H13Cl2NO2/c1-7(16)8(2)17-12(6-15)9-3-10(13)5-11(14)4-9/h3-5,7-8,12,16H,1-2H3. The van der Waals surface area contributed by atoms with Crippen LogP contribution in [0.1, 0.15) is 25.5 Å². The molecule has 5 heteroatoms. The van der Waals surface area contributed by atoms with Crippen LogP contribution in [0.25, 0.3) is 0 Å². The maximum absolute atomic E-state index is 9.33. The Morgan fingerprint density at radius 2 is 1.76 bits per heavy atom. The van der Waals surface area contributed by atoms with Crippen LogP contribution >= 0.6 is 23.2 Å². The molecule has 0 amide bonds. The van der Waals surface area contributed by atoms with Gasteiger partial charge in [-0.1, -0.05) is 23.2 Å². The zero-order valence-corrected chi connectivity index (χ0v) is 11.0. The molecule has 92 valence electrons. The molecule has 3 atom stereocenters. The Morgan fingerprint density at radius 1 is 1.24 bits per heavy atom. The first-order valence-electron chi connectivity index (χ1n) is 5.13. The van der Waals surface area contributed by atoms with E-state index in [1.54, 1.807) is 32.0 Å². The van der Waals surface area contributed by atoms with Gasteiger partial charge in [0.05, 0.1) is 18.3 Å². The summed E-state index contributed by atoms with van der Waals surface area (Å²) < 4.78 is 5.43. The number of hydrogen-bond acceptors (Lipinski definition) is 3. The van der Waals surface area contributed by atoms with Crippen LogP contribution in [0.15, 0.2) is 18.2 Å². The molecule has 1 N–H and O–H groups in total. The number of nitriles is 1. The molecule has 0 bridgehead atoms. The maximum Gasteiger partial charge on any atom is 0.169 e. The Kier molecular flexibility index (Phi) is 5.23. The van der Waals surface area contributed by atoms with Crippen LogP contribution in [0.3, 0.4) is 0 Å². The maximum atomic E-state index is 9.33. The van der Waals surface area contributed by atoms with E-state index in [2.05, 4.69) is 0 Å². The van der Waals surface area contributed by atoms with Crippen molar-refractivity contribution in [2.24, 2.45) is 0 Å². The second kappa shape index (κ2) is 6.23. The topological polar surface area (TPSA) is 53.2 Å². The lowest BCUT2D eigenvalue weighted by Gasteiger charge is -2.20. The average Bonchev–Trinajstić information content (AvgIpc) is 2.23. The number of aliphatic hydroxyl groups is 1. The fourth-order valence-corrected chi connectivity index (χ4v) is 1.78. The highest BCUT2D eigenvalue weighted by Gasteiger charge is 2.18. The molecule has 0 saturated heterocycles. The van der Waals surface area contributed by atoms with Gasteiger partial charge in [0.1, 0.15) is 0 Å². The van der Waals surface area contributed by atoms with Gasteiger partial charge >= 0.3 is 0 Å².